The predicted molar refractivity (Wildman–Crippen MR) is 119 cm³/mol. The van der Waals surface area contributed by atoms with Gasteiger partial charge < -0.3 is 24.3 Å². The Bertz CT molecular complexity index is 1070. The zero-order chi connectivity index (χ0) is 22.7. The molecule has 8 heteroatoms. The standard InChI is InChI=1S/C24H29N3O5/c1-26(2)24(30)19-14-27(12-16-6-4-3-5-7-16)13-18(22(19)28)23(29)25-11-17-8-9-20-21(10-17)32-15-31-20/h8-10,13-14,16H,3-7,11-12,15H2,1-2H3,(H,25,29). The minimum atomic E-state index is -0.549. The first-order chi connectivity index (χ1) is 15.4. The van der Waals surface area contributed by atoms with Crippen LogP contribution in [0, 0.1) is 5.92 Å². The lowest BCUT2D eigenvalue weighted by Gasteiger charge is -2.23. The Kier molecular flexibility index (Phi) is 6.48. The fraction of sp³-hybridized carbons (Fsp3) is 0.458. The third-order valence-electron chi connectivity index (χ3n) is 6.04. The van der Waals surface area contributed by atoms with Gasteiger partial charge in [0, 0.05) is 39.6 Å². The Balaban J connectivity index is 1.56. The van der Waals surface area contributed by atoms with Crippen molar-refractivity contribution in [1.29, 1.82) is 0 Å². The minimum absolute atomic E-state index is 0.0153. The van der Waals surface area contributed by atoms with Crippen molar-refractivity contribution in [2.45, 2.75) is 45.2 Å². The molecule has 0 spiro atoms. The second kappa shape index (κ2) is 9.46. The summed E-state index contributed by atoms with van der Waals surface area (Å²) >= 11 is 0. The van der Waals surface area contributed by atoms with E-state index in [1.165, 1.54) is 24.2 Å². The number of carbonyl (C=O) groups is 2. The van der Waals surface area contributed by atoms with E-state index in [0.717, 1.165) is 18.4 Å². The molecule has 1 aromatic carbocycles. The van der Waals surface area contributed by atoms with Crippen LogP contribution in [0.3, 0.4) is 0 Å². The summed E-state index contributed by atoms with van der Waals surface area (Å²) in [5.74, 6) is 0.875. The van der Waals surface area contributed by atoms with Crippen LogP contribution in [0.15, 0.2) is 35.4 Å². The zero-order valence-corrected chi connectivity index (χ0v) is 18.6. The molecule has 8 nitrogen and oxygen atoms in total. The highest BCUT2D eigenvalue weighted by molar-refractivity contribution is 5.99. The van der Waals surface area contributed by atoms with Crippen LogP contribution in [-0.2, 0) is 13.1 Å². The first-order valence-electron chi connectivity index (χ1n) is 11.0. The summed E-state index contributed by atoms with van der Waals surface area (Å²) in [6.45, 7) is 1.10. The van der Waals surface area contributed by atoms with Crippen LogP contribution in [0.2, 0.25) is 0 Å². The molecule has 1 N–H and O–H groups in total. The molecule has 0 atom stereocenters. The summed E-state index contributed by atoms with van der Waals surface area (Å²) in [5.41, 5.74) is 0.272. The minimum Gasteiger partial charge on any atom is -0.454 e. The molecule has 1 saturated carbocycles. The van der Waals surface area contributed by atoms with Gasteiger partial charge in [-0.3, -0.25) is 14.4 Å². The third kappa shape index (κ3) is 4.79. The van der Waals surface area contributed by atoms with Gasteiger partial charge in [0.05, 0.1) is 0 Å². The highest BCUT2D eigenvalue weighted by Crippen LogP contribution is 2.32. The zero-order valence-electron chi connectivity index (χ0n) is 18.6. The smallest absolute Gasteiger partial charge is 0.258 e. The molecule has 170 valence electrons. The summed E-state index contributed by atoms with van der Waals surface area (Å²) in [4.78, 5) is 39.9. The molecule has 1 aliphatic carbocycles. The quantitative estimate of drug-likeness (QED) is 0.748. The summed E-state index contributed by atoms with van der Waals surface area (Å²) in [6.07, 6.45) is 9.04. The molecular weight excluding hydrogens is 410 g/mol. The first-order valence-corrected chi connectivity index (χ1v) is 11.0. The van der Waals surface area contributed by atoms with E-state index < -0.39 is 17.2 Å². The fourth-order valence-electron chi connectivity index (χ4n) is 4.29. The Morgan fingerprint density at radius 1 is 1.06 bits per heavy atom. The van der Waals surface area contributed by atoms with Gasteiger partial charge in [-0.1, -0.05) is 25.3 Å². The van der Waals surface area contributed by atoms with Crippen molar-refractivity contribution >= 4 is 11.8 Å². The fourth-order valence-corrected chi connectivity index (χ4v) is 4.29. The molecule has 2 heterocycles. The largest absolute Gasteiger partial charge is 0.454 e. The summed E-state index contributed by atoms with van der Waals surface area (Å²) in [5, 5.41) is 2.80. The Morgan fingerprint density at radius 3 is 2.53 bits per heavy atom. The van der Waals surface area contributed by atoms with Gasteiger partial charge in [0.1, 0.15) is 11.1 Å². The molecular formula is C24H29N3O5. The Hall–Kier alpha value is -3.29. The number of carbonyl (C=O) groups excluding carboxylic acids is 2. The van der Waals surface area contributed by atoms with Gasteiger partial charge in [-0.05, 0) is 36.5 Å². The lowest BCUT2D eigenvalue weighted by molar-refractivity contribution is 0.0825. The number of hydrogen-bond acceptors (Lipinski definition) is 5. The van der Waals surface area contributed by atoms with E-state index in [4.69, 9.17) is 9.47 Å². The molecule has 0 radical (unpaired) electrons. The Morgan fingerprint density at radius 2 is 1.78 bits per heavy atom. The van der Waals surface area contributed by atoms with Gasteiger partial charge in [0.2, 0.25) is 12.2 Å². The van der Waals surface area contributed by atoms with E-state index in [1.807, 2.05) is 10.6 Å². The van der Waals surface area contributed by atoms with Crippen LogP contribution >= 0.6 is 0 Å². The van der Waals surface area contributed by atoms with Gasteiger partial charge in [-0.25, -0.2) is 0 Å². The van der Waals surface area contributed by atoms with Crippen LogP contribution in [0.25, 0.3) is 0 Å². The van der Waals surface area contributed by atoms with Gasteiger partial charge in [0.25, 0.3) is 11.8 Å². The van der Waals surface area contributed by atoms with Gasteiger partial charge in [-0.15, -0.1) is 0 Å². The summed E-state index contributed by atoms with van der Waals surface area (Å²) in [6, 6.07) is 5.43. The number of ether oxygens (including phenoxy) is 2. The highest BCUT2D eigenvalue weighted by Gasteiger charge is 2.22. The topological polar surface area (TPSA) is 89.9 Å². The van der Waals surface area contributed by atoms with E-state index in [2.05, 4.69) is 5.32 Å². The van der Waals surface area contributed by atoms with Crippen LogP contribution in [0.5, 0.6) is 11.5 Å². The second-order valence-electron chi connectivity index (χ2n) is 8.69. The molecule has 0 unspecified atom stereocenters. The molecule has 4 rings (SSSR count). The number of hydrogen-bond donors (Lipinski definition) is 1. The molecule has 0 bridgehead atoms. The van der Waals surface area contributed by atoms with Crippen molar-refractivity contribution in [2.24, 2.45) is 5.92 Å². The first kappa shape index (κ1) is 21.9. The van der Waals surface area contributed by atoms with Gasteiger partial charge in [0.15, 0.2) is 11.5 Å². The summed E-state index contributed by atoms with van der Waals surface area (Å²) < 4.78 is 12.5. The average Bonchev–Trinajstić information content (AvgIpc) is 3.26. The number of amides is 2. The maximum atomic E-state index is 13.0. The maximum absolute atomic E-state index is 13.0. The number of aromatic nitrogens is 1. The van der Waals surface area contributed by atoms with Crippen molar-refractivity contribution in [3.05, 3.63) is 57.5 Å². The number of nitrogens with zero attached hydrogens (tertiary/aromatic N) is 2. The lowest BCUT2D eigenvalue weighted by atomic mass is 9.89. The van der Waals surface area contributed by atoms with E-state index in [1.54, 1.807) is 38.6 Å². The molecule has 1 aliphatic heterocycles. The van der Waals surface area contributed by atoms with E-state index in [9.17, 15) is 14.4 Å². The molecule has 2 aliphatic rings. The number of benzene rings is 1. The maximum Gasteiger partial charge on any atom is 0.258 e. The molecule has 1 aromatic heterocycles. The number of fused-ring (bicyclic) bond motifs is 1. The molecule has 2 amide bonds. The van der Waals surface area contributed by atoms with Crippen molar-refractivity contribution in [3.8, 4) is 11.5 Å². The van der Waals surface area contributed by atoms with Gasteiger partial charge >= 0.3 is 0 Å². The number of pyridine rings is 1. The molecule has 32 heavy (non-hydrogen) atoms. The number of nitrogens with one attached hydrogen (secondary N) is 1. The predicted octanol–water partition coefficient (Wildman–Crippen LogP) is 2.79. The van der Waals surface area contributed by atoms with Crippen LogP contribution < -0.4 is 20.2 Å². The lowest BCUT2D eigenvalue weighted by Crippen LogP contribution is -2.35. The Labute approximate surface area is 187 Å². The molecule has 2 aromatic rings. The monoisotopic (exact) mass is 439 g/mol. The average molecular weight is 440 g/mol. The van der Waals surface area contributed by atoms with E-state index in [0.29, 0.717) is 24.0 Å². The van der Waals surface area contributed by atoms with Crippen molar-refractivity contribution in [2.75, 3.05) is 20.9 Å². The SMILES string of the molecule is CN(C)C(=O)c1cn(CC2CCCCC2)cc(C(=O)NCc2ccc3c(c2)OCO3)c1=O. The van der Waals surface area contributed by atoms with E-state index >= 15 is 0 Å². The van der Waals surface area contributed by atoms with Gasteiger partial charge in [-0.2, -0.15) is 0 Å². The second-order valence-corrected chi connectivity index (χ2v) is 8.69. The normalized spacial score (nSPS) is 15.4. The third-order valence-corrected chi connectivity index (χ3v) is 6.04. The van der Waals surface area contributed by atoms with Crippen molar-refractivity contribution < 1.29 is 19.1 Å². The van der Waals surface area contributed by atoms with E-state index in [-0.39, 0.29) is 24.5 Å². The highest BCUT2D eigenvalue weighted by atomic mass is 16.7. The van der Waals surface area contributed by atoms with Crippen LogP contribution in [-0.4, -0.2) is 42.2 Å². The van der Waals surface area contributed by atoms with Crippen LogP contribution in [0.4, 0.5) is 0 Å². The van der Waals surface area contributed by atoms with Crippen molar-refractivity contribution in [1.82, 2.24) is 14.8 Å². The van der Waals surface area contributed by atoms with Crippen LogP contribution in [0.1, 0.15) is 58.4 Å². The molecule has 1 fully saturated rings. The van der Waals surface area contributed by atoms with Crippen molar-refractivity contribution in [3.63, 3.8) is 0 Å². The number of rotatable bonds is 6. The molecule has 0 saturated heterocycles. The summed E-state index contributed by atoms with van der Waals surface area (Å²) in [7, 11) is 3.19.